The number of rotatable bonds is 10. The molecule has 176 valence electrons. The van der Waals surface area contributed by atoms with Gasteiger partial charge in [-0.1, -0.05) is 43.3 Å². The molecule has 34 heavy (non-hydrogen) atoms. The number of nitrogens with one attached hydrogen (secondary N) is 2. The van der Waals surface area contributed by atoms with Crippen molar-refractivity contribution in [1.82, 2.24) is 4.90 Å². The Balaban J connectivity index is 1.51. The van der Waals surface area contributed by atoms with Gasteiger partial charge >= 0.3 is 5.97 Å². The molecular weight excluding hydrogens is 430 g/mol. The summed E-state index contributed by atoms with van der Waals surface area (Å²) in [4.78, 5) is 38.7. The van der Waals surface area contributed by atoms with Gasteiger partial charge in [-0.05, 0) is 54.4 Å². The van der Waals surface area contributed by atoms with E-state index in [1.807, 2.05) is 37.3 Å². The normalized spacial score (nSPS) is 10.3. The molecule has 0 radical (unpaired) electrons. The third kappa shape index (κ3) is 7.20. The lowest BCUT2D eigenvalue weighted by molar-refractivity contribution is -0.114. The Morgan fingerprint density at radius 2 is 1.59 bits per heavy atom. The highest BCUT2D eigenvalue weighted by Gasteiger charge is 2.13. The third-order valence-electron chi connectivity index (χ3n) is 5.01. The van der Waals surface area contributed by atoms with Crippen LogP contribution < -0.4 is 10.6 Å². The minimum absolute atomic E-state index is 0.0256. The van der Waals surface area contributed by atoms with Gasteiger partial charge in [0.1, 0.15) is 0 Å². The molecule has 0 saturated heterocycles. The summed E-state index contributed by atoms with van der Waals surface area (Å²) < 4.78 is 5.09. The summed E-state index contributed by atoms with van der Waals surface area (Å²) in [6, 6.07) is 23.4. The molecular formula is C27H29N3O4. The SMILES string of the molecule is CCCOC(=O)c1ccc(NC(=O)CNc2cccc(C(=O)N(C)Cc3ccccc3)c2)cc1. The molecule has 0 aromatic heterocycles. The van der Waals surface area contributed by atoms with E-state index in [1.54, 1.807) is 60.5 Å². The fourth-order valence-electron chi connectivity index (χ4n) is 3.27. The molecule has 0 aliphatic rings. The van der Waals surface area contributed by atoms with Gasteiger partial charge in [0, 0.05) is 30.5 Å². The molecule has 2 N–H and O–H groups in total. The smallest absolute Gasteiger partial charge is 0.338 e. The Labute approximate surface area is 199 Å². The van der Waals surface area contributed by atoms with E-state index in [9.17, 15) is 14.4 Å². The summed E-state index contributed by atoms with van der Waals surface area (Å²) >= 11 is 0. The molecule has 0 atom stereocenters. The van der Waals surface area contributed by atoms with Crippen molar-refractivity contribution >= 4 is 29.2 Å². The standard InChI is InChI=1S/C27H29N3O4/c1-3-16-34-27(33)21-12-14-23(15-13-21)29-25(31)18-28-24-11-7-10-22(17-24)26(32)30(2)19-20-8-5-4-6-9-20/h4-15,17,28H,3,16,18-19H2,1-2H3,(H,29,31). The van der Waals surface area contributed by atoms with Gasteiger partial charge in [0.05, 0.1) is 18.7 Å². The van der Waals surface area contributed by atoms with Crippen LogP contribution in [0.1, 0.15) is 39.6 Å². The average Bonchev–Trinajstić information content (AvgIpc) is 2.86. The number of anilines is 2. The summed E-state index contributed by atoms with van der Waals surface area (Å²) in [7, 11) is 1.76. The van der Waals surface area contributed by atoms with E-state index in [4.69, 9.17) is 4.74 Å². The van der Waals surface area contributed by atoms with Crippen molar-refractivity contribution in [2.75, 3.05) is 30.8 Å². The molecule has 7 nitrogen and oxygen atoms in total. The molecule has 0 unspecified atom stereocenters. The van der Waals surface area contributed by atoms with Gasteiger partial charge in [-0.15, -0.1) is 0 Å². The van der Waals surface area contributed by atoms with Crippen LogP contribution in [0.5, 0.6) is 0 Å². The van der Waals surface area contributed by atoms with Crippen LogP contribution in [-0.4, -0.2) is 42.9 Å². The van der Waals surface area contributed by atoms with Crippen LogP contribution in [0.25, 0.3) is 0 Å². The summed E-state index contributed by atoms with van der Waals surface area (Å²) in [6.45, 7) is 2.84. The van der Waals surface area contributed by atoms with Crippen molar-refractivity contribution < 1.29 is 19.1 Å². The minimum atomic E-state index is -0.384. The summed E-state index contributed by atoms with van der Waals surface area (Å²) in [5.74, 6) is -0.737. The van der Waals surface area contributed by atoms with Crippen LogP contribution in [0.3, 0.4) is 0 Å². The van der Waals surface area contributed by atoms with Crippen molar-refractivity contribution in [3.05, 3.63) is 95.6 Å². The number of amides is 2. The quantitative estimate of drug-likeness (QED) is 0.434. The third-order valence-corrected chi connectivity index (χ3v) is 5.01. The highest BCUT2D eigenvalue weighted by Crippen LogP contribution is 2.15. The van der Waals surface area contributed by atoms with E-state index < -0.39 is 0 Å². The second-order valence-electron chi connectivity index (χ2n) is 7.84. The van der Waals surface area contributed by atoms with E-state index in [-0.39, 0.29) is 24.3 Å². The molecule has 0 heterocycles. The largest absolute Gasteiger partial charge is 0.462 e. The second-order valence-corrected chi connectivity index (χ2v) is 7.84. The van der Waals surface area contributed by atoms with Crippen molar-refractivity contribution in [3.8, 4) is 0 Å². The first kappa shape index (κ1) is 24.5. The van der Waals surface area contributed by atoms with E-state index in [0.717, 1.165) is 12.0 Å². The molecule has 3 aromatic carbocycles. The molecule has 0 saturated carbocycles. The first-order chi connectivity index (χ1) is 16.5. The van der Waals surface area contributed by atoms with Gasteiger partial charge in [-0.25, -0.2) is 4.79 Å². The minimum Gasteiger partial charge on any atom is -0.462 e. The van der Waals surface area contributed by atoms with Crippen LogP contribution in [0.4, 0.5) is 11.4 Å². The predicted octanol–water partition coefficient (Wildman–Crippen LogP) is 4.58. The number of hydrogen-bond acceptors (Lipinski definition) is 5. The maximum atomic E-state index is 12.8. The number of carbonyl (C=O) groups excluding carboxylic acids is 3. The molecule has 2 amide bonds. The molecule has 0 bridgehead atoms. The van der Waals surface area contributed by atoms with Crippen molar-refractivity contribution in [1.29, 1.82) is 0 Å². The van der Waals surface area contributed by atoms with Gasteiger partial charge in [0.15, 0.2) is 0 Å². The molecule has 0 fully saturated rings. The zero-order valence-electron chi connectivity index (χ0n) is 19.4. The molecule has 0 aliphatic carbocycles. The van der Waals surface area contributed by atoms with Gasteiger partial charge in [-0.3, -0.25) is 9.59 Å². The maximum Gasteiger partial charge on any atom is 0.338 e. The van der Waals surface area contributed by atoms with E-state index >= 15 is 0 Å². The zero-order valence-corrected chi connectivity index (χ0v) is 19.4. The summed E-state index contributed by atoms with van der Waals surface area (Å²) in [6.07, 6.45) is 0.758. The number of nitrogens with zero attached hydrogens (tertiary/aromatic N) is 1. The number of hydrogen-bond donors (Lipinski definition) is 2. The number of esters is 1. The topological polar surface area (TPSA) is 87.7 Å². The lowest BCUT2D eigenvalue weighted by Gasteiger charge is -2.18. The Kier molecular flexibility index (Phi) is 8.80. The van der Waals surface area contributed by atoms with Gasteiger partial charge in [-0.2, -0.15) is 0 Å². The van der Waals surface area contributed by atoms with Crippen LogP contribution in [0.15, 0.2) is 78.9 Å². The predicted molar refractivity (Wildman–Crippen MR) is 133 cm³/mol. The average molecular weight is 460 g/mol. The van der Waals surface area contributed by atoms with Crippen LogP contribution >= 0.6 is 0 Å². The van der Waals surface area contributed by atoms with Crippen LogP contribution in [0.2, 0.25) is 0 Å². The highest BCUT2D eigenvalue weighted by atomic mass is 16.5. The van der Waals surface area contributed by atoms with E-state index in [2.05, 4.69) is 10.6 Å². The highest BCUT2D eigenvalue weighted by molar-refractivity contribution is 5.96. The molecule has 7 heteroatoms. The Bertz CT molecular complexity index is 1110. The molecule has 0 aliphatic heterocycles. The lowest BCUT2D eigenvalue weighted by atomic mass is 10.1. The van der Waals surface area contributed by atoms with Crippen molar-refractivity contribution in [2.45, 2.75) is 19.9 Å². The fraction of sp³-hybridized carbons (Fsp3) is 0.222. The maximum absolute atomic E-state index is 12.8. The van der Waals surface area contributed by atoms with Crippen molar-refractivity contribution in [2.24, 2.45) is 0 Å². The van der Waals surface area contributed by atoms with Crippen LogP contribution in [0, 0.1) is 0 Å². The first-order valence-electron chi connectivity index (χ1n) is 11.2. The Morgan fingerprint density at radius 3 is 2.29 bits per heavy atom. The Hall–Kier alpha value is -4.13. The van der Waals surface area contributed by atoms with Gasteiger partial charge in [0.25, 0.3) is 5.91 Å². The van der Waals surface area contributed by atoms with E-state index in [1.165, 1.54) is 0 Å². The number of carbonyl (C=O) groups is 3. The zero-order chi connectivity index (χ0) is 24.3. The second kappa shape index (κ2) is 12.2. The fourth-order valence-corrected chi connectivity index (χ4v) is 3.27. The lowest BCUT2D eigenvalue weighted by Crippen LogP contribution is -2.26. The number of benzene rings is 3. The van der Waals surface area contributed by atoms with Crippen molar-refractivity contribution in [3.63, 3.8) is 0 Å². The summed E-state index contributed by atoms with van der Waals surface area (Å²) in [5.41, 5.74) is 3.27. The van der Waals surface area contributed by atoms with Gasteiger partial charge < -0.3 is 20.3 Å². The van der Waals surface area contributed by atoms with Crippen LogP contribution in [-0.2, 0) is 16.1 Å². The van der Waals surface area contributed by atoms with E-state index in [0.29, 0.717) is 35.7 Å². The number of ether oxygens (including phenoxy) is 1. The Morgan fingerprint density at radius 1 is 0.853 bits per heavy atom. The monoisotopic (exact) mass is 459 g/mol. The first-order valence-corrected chi connectivity index (χ1v) is 11.2. The molecule has 3 rings (SSSR count). The van der Waals surface area contributed by atoms with Gasteiger partial charge in [0.2, 0.25) is 5.91 Å². The molecule has 0 spiro atoms. The summed E-state index contributed by atoms with van der Waals surface area (Å²) in [5, 5.41) is 5.82. The molecule has 3 aromatic rings.